The van der Waals surface area contributed by atoms with Gasteiger partial charge in [-0.15, -0.1) is 23.2 Å². The molecule has 0 heterocycles. The Bertz CT molecular complexity index is 3010. The summed E-state index contributed by atoms with van der Waals surface area (Å²) in [7, 11) is 1.33. The number of aliphatic hydroxyl groups is 3. The van der Waals surface area contributed by atoms with Gasteiger partial charge in [-0.3, -0.25) is 0 Å². The van der Waals surface area contributed by atoms with Crippen molar-refractivity contribution < 1.29 is 186 Å². The maximum Gasteiger partial charge on any atom is 0.333 e. The summed E-state index contributed by atoms with van der Waals surface area (Å²) in [5.41, 5.74) is 44.4. The average Bonchev–Trinajstić information content (AvgIpc) is 1.76. The van der Waals surface area contributed by atoms with Gasteiger partial charge in [-0.05, 0) is 87.5 Å². The third-order valence-electron chi connectivity index (χ3n) is 17.3. The molecule has 36 N–H and O–H groups in total. The van der Waals surface area contributed by atoms with E-state index in [1.165, 1.54) is 49.5 Å². The largest absolute Gasteiger partial charge is 0.545 e. The van der Waals surface area contributed by atoms with Crippen LogP contribution in [0.1, 0.15) is 77.6 Å². The number of hydrogen-bond donors (Lipinski definition) is 14. The van der Waals surface area contributed by atoms with Crippen molar-refractivity contribution in [3.63, 3.8) is 0 Å². The number of halogens is 8. The fourth-order valence-corrected chi connectivity index (χ4v) is 13.7. The molecular weight excluding hydrogens is 1850 g/mol. The number of quaternary nitrogens is 11. The topological polar surface area (TPSA) is 752 Å². The Morgan fingerprint density at radius 2 is 0.569 bits per heavy atom. The number of carboxylic acid groups (broad SMARTS) is 9. The molecule has 0 aromatic rings. The number of ether oxygens (including phenoxy) is 1. The lowest BCUT2D eigenvalue weighted by molar-refractivity contribution is -0.430. The van der Waals surface area contributed by atoms with E-state index in [9.17, 15) is 103 Å². The van der Waals surface area contributed by atoms with Gasteiger partial charge in [-0.25, -0.2) is 13.6 Å². The molecule has 0 saturated carbocycles. The number of esters is 1. The fourth-order valence-electron chi connectivity index (χ4n) is 10.6. The second-order valence-electron chi connectivity index (χ2n) is 26.6. The van der Waals surface area contributed by atoms with Crippen LogP contribution >= 0.6 is 100 Å². The molecule has 0 bridgehead atoms. The lowest BCUT2D eigenvalue weighted by atomic mass is 10.2. The van der Waals surface area contributed by atoms with Crippen LogP contribution in [0.25, 0.3) is 0 Å². The molecule has 11 aliphatic rings. The molecule has 0 unspecified atom stereocenters. The highest BCUT2D eigenvalue weighted by molar-refractivity contribution is 14.1. The van der Waals surface area contributed by atoms with Crippen molar-refractivity contribution in [3.05, 3.63) is 128 Å². The normalized spacial score (nSPS) is 32.2. The molecule has 0 aromatic carbocycles. The summed E-state index contributed by atoms with van der Waals surface area (Å²) in [6, 6.07) is -0.403. The minimum absolute atomic E-state index is 0.0189. The van der Waals surface area contributed by atoms with Crippen LogP contribution in [0.15, 0.2) is 128 Å². The zero-order valence-electron chi connectivity index (χ0n) is 59.6. The monoisotopic (exact) mass is 1940 g/mol. The summed E-state index contributed by atoms with van der Waals surface area (Å²) < 4.78 is 30.4. The first kappa shape index (κ1) is 101. The molecular formula is C67H97Br2Cl2F2I2N11O23+2. The lowest BCUT2D eigenvalue weighted by Gasteiger charge is -2.02. The Morgan fingerprint density at radius 1 is 0.349 bits per heavy atom. The van der Waals surface area contributed by atoms with E-state index < -0.39 is 96.5 Å². The number of hydrogen-bond acceptors (Lipinski definition) is 23. The standard InChI is InChI=1S/C7H11NO3.2C6H8BrNO2.2C6H8ClNO2.2C6H8FNO2.C6H8INO2.C6H10IN.2C6H9NO3/c1-11-7(10)4-2-5(8)6(9)3-4;7*7-4-1-3(6(9)10)2-5(4)8;1-4-2-5(7)6(8)3-4;2*7-4-1-3(6(9)10)2-5(4)8/h3,5-6,9H,2,8H2,1H3;7*1,4-5H,2,8H2,(H,9,10);2,5-6H,3,8H2,1H3;2*2,4-5,8H,1,7H2,(H,9,10)/p+2/t5-,6-;4-,5+;4-,5-;4-,5+;4-,5-;4-,5+;4-,5-;4-,5+;5-,6-;4-,5+;4-,5-/m01010101000/s1. The molecule has 0 fully saturated rings. The molecule has 612 valence electrons. The molecule has 42 heteroatoms. The highest BCUT2D eigenvalue weighted by Crippen LogP contribution is 2.27. The van der Waals surface area contributed by atoms with Crippen LogP contribution in [0.5, 0.6) is 0 Å². The molecule has 0 aliphatic heterocycles. The van der Waals surface area contributed by atoms with Crippen molar-refractivity contribution in [2.24, 2.45) is 0 Å². The Balaban J connectivity index is 0.000000600. The summed E-state index contributed by atoms with van der Waals surface area (Å²) in [5.74, 6) is -10.8. The smallest absolute Gasteiger partial charge is 0.333 e. The maximum atomic E-state index is 12.5. The number of rotatable bonds is 10. The summed E-state index contributed by atoms with van der Waals surface area (Å²) >= 11 is 22.5. The fraction of sp³-hybridized carbons (Fsp3) is 0.522. The van der Waals surface area contributed by atoms with Crippen LogP contribution in [-0.4, -0.2) is 207 Å². The second-order valence-corrected chi connectivity index (χ2v) is 32.6. The summed E-state index contributed by atoms with van der Waals surface area (Å²) in [5, 5.41) is 119. The lowest BCUT2D eigenvalue weighted by Crippen LogP contribution is -2.64. The molecule has 0 amide bonds. The zero-order chi connectivity index (χ0) is 84.1. The summed E-state index contributed by atoms with van der Waals surface area (Å²) in [6.45, 7) is 2.18. The molecule has 22 atom stereocenters. The highest BCUT2D eigenvalue weighted by Gasteiger charge is 2.34. The number of carboxylic acids is 9. The summed E-state index contributed by atoms with van der Waals surface area (Å²) in [4.78, 5) is 103. The van der Waals surface area contributed by atoms with Crippen LogP contribution in [0, 0.1) is 0 Å². The molecule has 11 aliphatic carbocycles. The molecule has 0 aromatic heterocycles. The quantitative estimate of drug-likeness (QED) is 0.0418. The second kappa shape index (κ2) is 48.9. The minimum Gasteiger partial charge on any atom is -0.545 e. The van der Waals surface area contributed by atoms with Crippen LogP contribution in [0.3, 0.4) is 0 Å². The van der Waals surface area contributed by atoms with Crippen LogP contribution in [0.2, 0.25) is 0 Å². The number of carbonyl (C=O) groups is 10. The van der Waals surface area contributed by atoms with Gasteiger partial charge in [0.15, 0.2) is 12.3 Å². The predicted octanol–water partition coefficient (Wildman–Crippen LogP) is -18.8. The van der Waals surface area contributed by atoms with Gasteiger partial charge in [-0.1, -0.05) is 119 Å². The Hall–Kier alpha value is -5.86. The SMILES string of the molecule is CC1=C[C@H](I)[C@@H]([NH3+])C1.COC(=O)C1=C[C@H](O)[C@@H]([NH3+])C1.[NH3+][C@H]1CC(C(=O)[O-])=C[C@@H]1Br.[NH3+][C@H]1CC(C(=O)[O-])=C[C@@H]1Cl.[NH3+][C@H]1CC(C(=O)[O-])=C[C@@H]1F.[NH3+][C@H]1CC(C(=O)[O-])=C[C@@H]1O.[NH3+][C@H]1CC(C(=O)[O-])=C[C@H]1Br.[NH3+][C@H]1CC(C(=O)[O-])=C[C@H]1Cl.[NH3+][C@H]1CC(C(=O)[O-])=C[C@H]1F.[NH3+][C@H]1CC(C(=O)[O-])=C[C@H]1I.[NH3+][C@H]1CC(C(=O)[O-])=C[C@H]1O. The third-order valence-corrected chi connectivity index (χ3v) is 23.1. The van der Waals surface area contributed by atoms with Crippen LogP contribution < -0.4 is 109 Å². The van der Waals surface area contributed by atoms with Gasteiger partial charge in [0.1, 0.15) is 95.5 Å². The maximum absolute atomic E-state index is 12.5. The molecule has 0 spiro atoms. The van der Waals surface area contributed by atoms with E-state index in [0.29, 0.717) is 83.6 Å². The molecule has 0 saturated heterocycles. The third kappa shape index (κ3) is 36.2. The van der Waals surface area contributed by atoms with E-state index in [1.54, 1.807) is 18.2 Å². The Labute approximate surface area is 678 Å². The Kier molecular flexibility index (Phi) is 45.4. The van der Waals surface area contributed by atoms with Crippen LogP contribution in [0.4, 0.5) is 8.78 Å². The number of aliphatic hydroxyl groups excluding tert-OH is 3. The van der Waals surface area contributed by atoms with E-state index in [4.69, 9.17) is 38.5 Å². The van der Waals surface area contributed by atoms with E-state index in [-0.39, 0.29) is 125 Å². The highest BCUT2D eigenvalue weighted by atomic mass is 127. The van der Waals surface area contributed by atoms with Gasteiger partial charge >= 0.3 is 5.97 Å². The van der Waals surface area contributed by atoms with Gasteiger partial charge in [-0.2, -0.15) is 0 Å². The van der Waals surface area contributed by atoms with E-state index in [1.807, 2.05) is 0 Å². The van der Waals surface area contributed by atoms with Crippen molar-refractivity contribution in [1.29, 1.82) is 0 Å². The molecule has 0 radical (unpaired) electrons. The predicted molar refractivity (Wildman–Crippen MR) is 384 cm³/mol. The zero-order valence-corrected chi connectivity index (χ0v) is 68.6. The van der Waals surface area contributed by atoms with Crippen molar-refractivity contribution in [2.75, 3.05) is 7.11 Å². The van der Waals surface area contributed by atoms with Crippen molar-refractivity contribution in [2.45, 2.75) is 203 Å². The number of alkyl halides is 8. The van der Waals surface area contributed by atoms with Crippen molar-refractivity contribution in [3.8, 4) is 0 Å². The van der Waals surface area contributed by atoms with E-state index in [2.05, 4.69) is 158 Å². The van der Waals surface area contributed by atoms with Gasteiger partial charge in [0.25, 0.3) is 0 Å². The number of carbonyl (C=O) groups excluding carboxylic acids is 10. The van der Waals surface area contributed by atoms with E-state index in [0.717, 1.165) is 12.2 Å². The first-order valence-electron chi connectivity index (χ1n) is 33.4. The van der Waals surface area contributed by atoms with Gasteiger partial charge in [0.2, 0.25) is 0 Å². The van der Waals surface area contributed by atoms with E-state index >= 15 is 0 Å². The Morgan fingerprint density at radius 3 is 0.697 bits per heavy atom. The summed E-state index contributed by atoms with van der Waals surface area (Å²) in [6.07, 6.45) is 17.2. The van der Waals surface area contributed by atoms with Gasteiger partial charge < -0.3 is 172 Å². The van der Waals surface area contributed by atoms with Crippen molar-refractivity contribution >= 4 is 160 Å². The first-order chi connectivity index (χ1) is 50.3. The van der Waals surface area contributed by atoms with Gasteiger partial charge in [0, 0.05) is 76.2 Å². The number of aliphatic carboxylic acids is 9. The van der Waals surface area contributed by atoms with Crippen molar-refractivity contribution in [1.82, 2.24) is 0 Å². The first-order valence-corrected chi connectivity index (χ1v) is 38.6. The molecule has 109 heavy (non-hydrogen) atoms. The average molecular weight is 1950 g/mol. The molecule has 11 rings (SSSR count). The number of methoxy groups -OCH3 is 1. The van der Waals surface area contributed by atoms with Gasteiger partial charge in [0.05, 0.1) is 78.3 Å². The minimum atomic E-state index is -1.28. The van der Waals surface area contributed by atoms with Crippen LogP contribution in [-0.2, 0) is 52.7 Å². The molecule has 34 nitrogen and oxygen atoms in total.